The molecule has 0 aliphatic heterocycles. The Bertz CT molecular complexity index is 575. The van der Waals surface area contributed by atoms with Gasteiger partial charge in [0, 0.05) is 12.2 Å². The third kappa shape index (κ3) is 2.23. The fourth-order valence-electron chi connectivity index (χ4n) is 2.68. The van der Waals surface area contributed by atoms with Crippen molar-refractivity contribution in [3.05, 3.63) is 22.8 Å². The van der Waals surface area contributed by atoms with Gasteiger partial charge in [-0.2, -0.15) is 4.98 Å². The van der Waals surface area contributed by atoms with Crippen molar-refractivity contribution in [3.63, 3.8) is 0 Å². The lowest BCUT2D eigenvalue weighted by Crippen LogP contribution is -2.18. The Labute approximate surface area is 115 Å². The molecule has 5 heteroatoms. The molecule has 0 amide bonds. The molecule has 0 saturated heterocycles. The number of anilines is 1. The maximum atomic E-state index is 4.52. The van der Waals surface area contributed by atoms with Crippen molar-refractivity contribution >= 4 is 27.5 Å². The monoisotopic (exact) mass is 308 g/mol. The van der Waals surface area contributed by atoms with Crippen molar-refractivity contribution < 1.29 is 0 Å². The quantitative estimate of drug-likeness (QED) is 0.923. The Morgan fingerprint density at radius 1 is 1.50 bits per heavy atom. The summed E-state index contributed by atoms with van der Waals surface area (Å²) in [5.74, 6) is 0.726. The third-order valence-corrected chi connectivity index (χ3v) is 4.24. The lowest BCUT2D eigenvalue weighted by atomic mass is 9.92. The summed E-state index contributed by atoms with van der Waals surface area (Å²) in [7, 11) is 0. The van der Waals surface area contributed by atoms with Gasteiger partial charge >= 0.3 is 0 Å². The van der Waals surface area contributed by atoms with Crippen LogP contribution < -0.4 is 5.32 Å². The normalized spacial score (nSPS) is 22.5. The van der Waals surface area contributed by atoms with E-state index in [1.54, 1.807) is 4.52 Å². The predicted octanol–water partition coefficient (Wildman–Crippen LogP) is 3.48. The van der Waals surface area contributed by atoms with Crippen LogP contribution in [-0.2, 0) is 0 Å². The molecule has 96 valence electrons. The molecule has 1 fully saturated rings. The molecule has 2 aromatic heterocycles. The SMILES string of the molecule is CC1(C)CCC(Nc2nc3c(Br)cccn3n2)C1. The summed E-state index contributed by atoms with van der Waals surface area (Å²) in [5.41, 5.74) is 1.30. The smallest absolute Gasteiger partial charge is 0.243 e. The van der Waals surface area contributed by atoms with Gasteiger partial charge < -0.3 is 5.32 Å². The van der Waals surface area contributed by atoms with Crippen molar-refractivity contribution in [2.45, 2.75) is 39.2 Å². The molecule has 0 radical (unpaired) electrons. The number of rotatable bonds is 2. The van der Waals surface area contributed by atoms with Crippen molar-refractivity contribution in [2.75, 3.05) is 5.32 Å². The summed E-state index contributed by atoms with van der Waals surface area (Å²) < 4.78 is 2.77. The molecule has 1 saturated carbocycles. The Morgan fingerprint density at radius 2 is 2.33 bits per heavy atom. The first kappa shape index (κ1) is 12.0. The zero-order valence-electron chi connectivity index (χ0n) is 10.7. The van der Waals surface area contributed by atoms with E-state index in [1.807, 2.05) is 18.3 Å². The van der Waals surface area contributed by atoms with E-state index in [1.165, 1.54) is 19.3 Å². The highest BCUT2D eigenvalue weighted by molar-refractivity contribution is 9.10. The van der Waals surface area contributed by atoms with Crippen molar-refractivity contribution in [3.8, 4) is 0 Å². The van der Waals surface area contributed by atoms with Crippen LogP contribution in [0.15, 0.2) is 22.8 Å². The largest absolute Gasteiger partial charge is 0.350 e. The minimum absolute atomic E-state index is 0.442. The molecule has 1 unspecified atom stereocenters. The number of hydrogen-bond donors (Lipinski definition) is 1. The number of nitrogens with zero attached hydrogens (tertiary/aromatic N) is 3. The van der Waals surface area contributed by atoms with Gasteiger partial charge in [-0.25, -0.2) is 4.52 Å². The number of pyridine rings is 1. The van der Waals surface area contributed by atoms with Gasteiger partial charge in [0.25, 0.3) is 0 Å². The summed E-state index contributed by atoms with van der Waals surface area (Å²) in [6, 6.07) is 4.43. The first-order chi connectivity index (χ1) is 8.53. The summed E-state index contributed by atoms with van der Waals surface area (Å²) in [6.45, 7) is 4.64. The molecular weight excluding hydrogens is 292 g/mol. The lowest BCUT2D eigenvalue weighted by molar-refractivity contribution is 0.378. The van der Waals surface area contributed by atoms with Crippen LogP contribution in [0.5, 0.6) is 0 Å². The van der Waals surface area contributed by atoms with Gasteiger partial charge in [0.1, 0.15) is 0 Å². The molecule has 0 aromatic carbocycles. The maximum absolute atomic E-state index is 4.52. The Kier molecular flexibility index (Phi) is 2.81. The van der Waals surface area contributed by atoms with E-state index in [2.05, 4.69) is 45.2 Å². The summed E-state index contributed by atoms with van der Waals surface area (Å²) >= 11 is 3.49. The van der Waals surface area contributed by atoms with E-state index in [0.29, 0.717) is 11.5 Å². The van der Waals surface area contributed by atoms with Crippen LogP contribution in [-0.4, -0.2) is 20.6 Å². The molecule has 2 aromatic rings. The third-order valence-electron chi connectivity index (χ3n) is 3.62. The molecule has 1 N–H and O–H groups in total. The van der Waals surface area contributed by atoms with Crippen LogP contribution in [0.4, 0.5) is 5.95 Å². The predicted molar refractivity (Wildman–Crippen MR) is 75.7 cm³/mol. The van der Waals surface area contributed by atoms with Crippen LogP contribution in [0, 0.1) is 5.41 Å². The fourth-order valence-corrected chi connectivity index (χ4v) is 3.10. The highest BCUT2D eigenvalue weighted by Gasteiger charge is 2.31. The zero-order valence-corrected chi connectivity index (χ0v) is 12.2. The number of halogens is 1. The maximum Gasteiger partial charge on any atom is 0.243 e. The van der Waals surface area contributed by atoms with Gasteiger partial charge in [-0.3, -0.25) is 0 Å². The van der Waals surface area contributed by atoms with Gasteiger partial charge in [-0.05, 0) is 52.7 Å². The molecule has 0 bridgehead atoms. The lowest BCUT2D eigenvalue weighted by Gasteiger charge is -2.17. The van der Waals surface area contributed by atoms with E-state index >= 15 is 0 Å². The molecule has 18 heavy (non-hydrogen) atoms. The van der Waals surface area contributed by atoms with E-state index in [0.717, 1.165) is 16.1 Å². The second-order valence-electron chi connectivity index (χ2n) is 5.81. The van der Waals surface area contributed by atoms with E-state index in [-0.39, 0.29) is 0 Å². The first-order valence-corrected chi connectivity index (χ1v) is 7.10. The molecule has 1 atom stereocenters. The van der Waals surface area contributed by atoms with Crippen LogP contribution in [0.3, 0.4) is 0 Å². The number of nitrogens with one attached hydrogen (secondary N) is 1. The van der Waals surface area contributed by atoms with Gasteiger partial charge in [-0.15, -0.1) is 5.10 Å². The van der Waals surface area contributed by atoms with E-state index in [9.17, 15) is 0 Å². The van der Waals surface area contributed by atoms with E-state index < -0.39 is 0 Å². The second kappa shape index (κ2) is 4.23. The standard InChI is InChI=1S/C13H17BrN4/c1-13(2)6-5-9(8-13)15-12-16-11-10(14)4-3-7-18(11)17-12/h3-4,7,9H,5-6,8H2,1-2H3,(H,15,17). The minimum Gasteiger partial charge on any atom is -0.350 e. The van der Waals surface area contributed by atoms with E-state index in [4.69, 9.17) is 0 Å². The Balaban J connectivity index is 1.81. The molecule has 1 aliphatic rings. The Hall–Kier alpha value is -1.10. The highest BCUT2D eigenvalue weighted by Crippen LogP contribution is 2.38. The number of hydrogen-bond acceptors (Lipinski definition) is 3. The molecular formula is C13H17BrN4. The minimum atomic E-state index is 0.442. The van der Waals surface area contributed by atoms with Crippen LogP contribution in [0.2, 0.25) is 0 Å². The molecule has 1 aliphatic carbocycles. The van der Waals surface area contributed by atoms with Crippen molar-refractivity contribution in [2.24, 2.45) is 5.41 Å². The summed E-state index contributed by atoms with van der Waals surface area (Å²) in [4.78, 5) is 4.52. The average molecular weight is 309 g/mol. The van der Waals surface area contributed by atoms with Crippen molar-refractivity contribution in [1.82, 2.24) is 14.6 Å². The average Bonchev–Trinajstić information content (AvgIpc) is 2.83. The molecule has 2 heterocycles. The number of aromatic nitrogens is 3. The molecule has 3 rings (SSSR count). The molecule has 0 spiro atoms. The Morgan fingerprint density at radius 3 is 3.00 bits per heavy atom. The van der Waals surface area contributed by atoms with Gasteiger partial charge in [0.05, 0.1) is 4.47 Å². The van der Waals surface area contributed by atoms with Crippen LogP contribution in [0.25, 0.3) is 5.65 Å². The topological polar surface area (TPSA) is 42.2 Å². The number of fused-ring (bicyclic) bond motifs is 1. The van der Waals surface area contributed by atoms with Crippen molar-refractivity contribution in [1.29, 1.82) is 0 Å². The highest BCUT2D eigenvalue weighted by atomic mass is 79.9. The van der Waals surface area contributed by atoms with Gasteiger partial charge in [0.15, 0.2) is 5.65 Å². The van der Waals surface area contributed by atoms with Gasteiger partial charge in [0.2, 0.25) is 5.95 Å². The van der Waals surface area contributed by atoms with Crippen LogP contribution >= 0.6 is 15.9 Å². The van der Waals surface area contributed by atoms with Crippen LogP contribution in [0.1, 0.15) is 33.1 Å². The fraction of sp³-hybridized carbons (Fsp3) is 0.538. The summed E-state index contributed by atoms with van der Waals surface area (Å²) in [6.07, 6.45) is 5.56. The summed E-state index contributed by atoms with van der Waals surface area (Å²) in [5, 5.41) is 7.90. The second-order valence-corrected chi connectivity index (χ2v) is 6.66. The van der Waals surface area contributed by atoms with Gasteiger partial charge in [-0.1, -0.05) is 13.8 Å². The zero-order chi connectivity index (χ0) is 12.8. The molecule has 4 nitrogen and oxygen atoms in total. The first-order valence-electron chi connectivity index (χ1n) is 6.31.